The summed E-state index contributed by atoms with van der Waals surface area (Å²) in [6, 6.07) is 0. The number of nitrogens with two attached hydrogens (primary N) is 1. The number of rotatable bonds is 6. The molecule has 0 atom stereocenters. The molecular weight excluding hydrogens is 254 g/mol. The first-order valence-electron chi connectivity index (χ1n) is 7.41. The summed E-state index contributed by atoms with van der Waals surface area (Å²) in [5, 5.41) is 6.98. The highest BCUT2D eigenvalue weighted by molar-refractivity contribution is 5.75. The molecule has 1 amide bonds. The highest BCUT2D eigenvalue weighted by Gasteiger charge is 2.34. The molecule has 1 fully saturated rings. The smallest absolute Gasteiger partial charge is 0.241 e. The molecule has 0 aliphatic heterocycles. The van der Waals surface area contributed by atoms with Crippen molar-refractivity contribution < 1.29 is 4.79 Å². The van der Waals surface area contributed by atoms with Crippen molar-refractivity contribution in [3.05, 3.63) is 6.33 Å². The first-order chi connectivity index (χ1) is 9.49. The monoisotopic (exact) mass is 279 g/mol. The average molecular weight is 279 g/mol. The van der Waals surface area contributed by atoms with Crippen LogP contribution in [0.1, 0.15) is 46.0 Å². The molecule has 0 radical (unpaired) electrons. The number of anilines is 1. The Morgan fingerprint density at radius 1 is 1.50 bits per heavy atom. The average Bonchev–Trinajstić information content (AvgIpc) is 2.96. The molecule has 1 aromatic rings. The molecular formula is C14H25N5O. The Bertz CT molecular complexity index is 448. The number of hydrogen-bond acceptors (Lipinski definition) is 4. The van der Waals surface area contributed by atoms with Gasteiger partial charge in [-0.1, -0.05) is 26.7 Å². The van der Waals surface area contributed by atoms with Crippen molar-refractivity contribution in [3.8, 4) is 0 Å². The van der Waals surface area contributed by atoms with Crippen LogP contribution in [0.15, 0.2) is 6.33 Å². The molecule has 1 heterocycles. The van der Waals surface area contributed by atoms with Crippen LogP contribution in [0.2, 0.25) is 0 Å². The van der Waals surface area contributed by atoms with E-state index in [1.54, 1.807) is 0 Å². The molecule has 3 N–H and O–H groups in total. The van der Waals surface area contributed by atoms with Crippen LogP contribution < -0.4 is 11.1 Å². The van der Waals surface area contributed by atoms with Crippen LogP contribution in [-0.2, 0) is 11.3 Å². The third kappa shape index (κ3) is 3.95. The van der Waals surface area contributed by atoms with Crippen molar-refractivity contribution in [2.45, 2.75) is 52.5 Å². The maximum atomic E-state index is 12.0. The van der Waals surface area contributed by atoms with Gasteiger partial charge >= 0.3 is 0 Å². The van der Waals surface area contributed by atoms with Crippen molar-refractivity contribution in [1.29, 1.82) is 0 Å². The number of nitrogens with zero attached hydrogens (tertiary/aromatic N) is 3. The van der Waals surface area contributed by atoms with Crippen molar-refractivity contribution in [1.82, 2.24) is 20.1 Å². The Labute approximate surface area is 120 Å². The van der Waals surface area contributed by atoms with E-state index in [1.165, 1.54) is 43.1 Å². The van der Waals surface area contributed by atoms with E-state index in [0.29, 0.717) is 11.3 Å². The summed E-state index contributed by atoms with van der Waals surface area (Å²) in [5.41, 5.74) is 5.73. The van der Waals surface area contributed by atoms with Gasteiger partial charge in [-0.05, 0) is 30.6 Å². The standard InChI is InChI=1S/C14H25N5O/c1-11(2)7-14(5-3-4-6-14)9-16-12(20)8-19-10-17-13(15)18-19/h10-11H,3-9H2,1-2H3,(H2,15,18)(H,16,20). The molecule has 1 aromatic heterocycles. The van der Waals surface area contributed by atoms with Gasteiger partial charge in [0.05, 0.1) is 0 Å². The van der Waals surface area contributed by atoms with E-state index in [9.17, 15) is 4.79 Å². The molecule has 6 heteroatoms. The topological polar surface area (TPSA) is 85.8 Å². The highest BCUT2D eigenvalue weighted by atomic mass is 16.2. The van der Waals surface area contributed by atoms with Crippen molar-refractivity contribution in [3.63, 3.8) is 0 Å². The zero-order chi connectivity index (χ0) is 14.6. The first-order valence-corrected chi connectivity index (χ1v) is 7.41. The number of carbonyl (C=O) groups excluding carboxylic acids is 1. The van der Waals surface area contributed by atoms with Crippen LogP contribution in [0, 0.1) is 11.3 Å². The summed E-state index contributed by atoms with van der Waals surface area (Å²) in [6.45, 7) is 5.45. The van der Waals surface area contributed by atoms with E-state index >= 15 is 0 Å². The second-order valence-electron chi connectivity index (χ2n) is 6.38. The Morgan fingerprint density at radius 2 is 2.20 bits per heavy atom. The van der Waals surface area contributed by atoms with Crippen molar-refractivity contribution in [2.75, 3.05) is 12.3 Å². The Balaban J connectivity index is 1.84. The zero-order valence-corrected chi connectivity index (χ0v) is 12.4. The predicted octanol–water partition coefficient (Wildman–Crippen LogP) is 1.58. The fourth-order valence-corrected chi connectivity index (χ4v) is 3.32. The molecule has 112 valence electrons. The van der Waals surface area contributed by atoms with E-state index < -0.39 is 0 Å². The van der Waals surface area contributed by atoms with Crippen LogP contribution in [0.5, 0.6) is 0 Å². The van der Waals surface area contributed by atoms with E-state index in [4.69, 9.17) is 5.73 Å². The summed E-state index contributed by atoms with van der Waals surface area (Å²) in [5.74, 6) is 0.843. The third-order valence-electron chi connectivity index (χ3n) is 4.03. The lowest BCUT2D eigenvalue weighted by Gasteiger charge is -2.31. The lowest BCUT2D eigenvalue weighted by Crippen LogP contribution is -2.38. The van der Waals surface area contributed by atoms with Gasteiger partial charge in [-0.3, -0.25) is 4.79 Å². The van der Waals surface area contributed by atoms with Crippen LogP contribution in [-0.4, -0.2) is 27.2 Å². The molecule has 20 heavy (non-hydrogen) atoms. The van der Waals surface area contributed by atoms with Crippen molar-refractivity contribution in [2.24, 2.45) is 11.3 Å². The number of nitrogens with one attached hydrogen (secondary N) is 1. The van der Waals surface area contributed by atoms with Crippen LogP contribution in [0.4, 0.5) is 5.95 Å². The maximum absolute atomic E-state index is 12.0. The van der Waals surface area contributed by atoms with Crippen molar-refractivity contribution >= 4 is 11.9 Å². The lowest BCUT2D eigenvalue weighted by atomic mass is 9.78. The second-order valence-corrected chi connectivity index (χ2v) is 6.38. The van der Waals surface area contributed by atoms with Gasteiger partial charge in [0.2, 0.25) is 11.9 Å². The number of hydrogen-bond donors (Lipinski definition) is 2. The summed E-state index contributed by atoms with van der Waals surface area (Å²) >= 11 is 0. The van der Waals surface area contributed by atoms with Gasteiger partial charge in [0.15, 0.2) is 0 Å². The van der Waals surface area contributed by atoms with E-state index in [0.717, 1.165) is 6.54 Å². The van der Waals surface area contributed by atoms with E-state index in [1.807, 2.05) is 0 Å². The molecule has 6 nitrogen and oxygen atoms in total. The fourth-order valence-electron chi connectivity index (χ4n) is 3.32. The van der Waals surface area contributed by atoms with Crippen LogP contribution in [0.25, 0.3) is 0 Å². The summed E-state index contributed by atoms with van der Waals surface area (Å²) in [7, 11) is 0. The minimum absolute atomic E-state index is 0.0232. The van der Waals surface area contributed by atoms with Gasteiger partial charge in [-0.2, -0.15) is 0 Å². The Morgan fingerprint density at radius 3 is 2.75 bits per heavy atom. The number of aromatic nitrogens is 3. The summed E-state index contributed by atoms with van der Waals surface area (Å²) in [6.07, 6.45) is 7.67. The van der Waals surface area contributed by atoms with E-state index in [-0.39, 0.29) is 18.4 Å². The number of carbonyl (C=O) groups is 1. The lowest BCUT2D eigenvalue weighted by molar-refractivity contribution is -0.122. The van der Waals surface area contributed by atoms with E-state index in [2.05, 4.69) is 29.2 Å². The molecule has 0 spiro atoms. The zero-order valence-electron chi connectivity index (χ0n) is 12.4. The summed E-state index contributed by atoms with van der Waals surface area (Å²) in [4.78, 5) is 15.8. The largest absolute Gasteiger partial charge is 0.367 e. The highest BCUT2D eigenvalue weighted by Crippen LogP contribution is 2.42. The van der Waals surface area contributed by atoms with Gasteiger partial charge in [-0.15, -0.1) is 5.10 Å². The molecule has 0 aromatic carbocycles. The minimum Gasteiger partial charge on any atom is -0.367 e. The quantitative estimate of drug-likeness (QED) is 0.828. The second kappa shape index (κ2) is 6.24. The molecule has 0 unspecified atom stereocenters. The minimum atomic E-state index is -0.0232. The molecule has 1 saturated carbocycles. The predicted molar refractivity (Wildman–Crippen MR) is 77.8 cm³/mol. The molecule has 0 bridgehead atoms. The Kier molecular flexibility index (Phi) is 4.62. The number of amides is 1. The maximum Gasteiger partial charge on any atom is 0.241 e. The SMILES string of the molecule is CC(C)CC1(CNC(=O)Cn2cnc(N)n2)CCCC1. The molecule has 0 saturated heterocycles. The Hall–Kier alpha value is -1.59. The van der Waals surface area contributed by atoms with Gasteiger partial charge in [0.25, 0.3) is 0 Å². The van der Waals surface area contributed by atoms with Gasteiger partial charge in [0.1, 0.15) is 12.9 Å². The fraction of sp³-hybridized carbons (Fsp3) is 0.786. The van der Waals surface area contributed by atoms with Crippen LogP contribution in [0.3, 0.4) is 0 Å². The number of nitrogen functional groups attached to an aromatic ring is 1. The molecule has 2 rings (SSSR count). The van der Waals surface area contributed by atoms with Gasteiger partial charge in [-0.25, -0.2) is 9.67 Å². The summed E-state index contributed by atoms with van der Waals surface area (Å²) < 4.78 is 1.47. The third-order valence-corrected chi connectivity index (χ3v) is 4.03. The van der Waals surface area contributed by atoms with Gasteiger partial charge < -0.3 is 11.1 Å². The molecule has 1 aliphatic rings. The van der Waals surface area contributed by atoms with Crippen LogP contribution >= 0.6 is 0 Å². The first kappa shape index (κ1) is 14.8. The molecule has 1 aliphatic carbocycles. The van der Waals surface area contributed by atoms with Gasteiger partial charge in [0, 0.05) is 6.54 Å². The normalized spacial score (nSPS) is 17.6.